The van der Waals surface area contributed by atoms with Crippen LogP contribution >= 0.6 is 0 Å². The van der Waals surface area contributed by atoms with Crippen molar-refractivity contribution in [2.45, 2.75) is 33.1 Å². The fraction of sp³-hybridized carbons (Fsp3) is 0.429. The van der Waals surface area contributed by atoms with Crippen LogP contribution in [-0.2, 0) is 4.79 Å². The summed E-state index contributed by atoms with van der Waals surface area (Å²) in [6, 6.07) is 3.74. The molecule has 0 aliphatic heterocycles. The molecule has 0 bridgehead atoms. The number of pyridine rings is 1. The summed E-state index contributed by atoms with van der Waals surface area (Å²) < 4.78 is 12.5. The second kappa shape index (κ2) is 6.22. The number of carbonyl (C=O) groups is 1. The first-order valence-corrected chi connectivity index (χ1v) is 6.49. The van der Waals surface area contributed by atoms with Gasteiger partial charge in [-0.15, -0.1) is 0 Å². The lowest BCUT2D eigenvalue weighted by molar-refractivity contribution is -0.132. The van der Waals surface area contributed by atoms with Crippen molar-refractivity contribution in [2.24, 2.45) is 0 Å². The normalized spacial score (nSPS) is 10.6. The smallest absolute Gasteiger partial charge is 0.309 e. The lowest BCUT2D eigenvalue weighted by Crippen LogP contribution is -2.01. The van der Waals surface area contributed by atoms with Crippen LogP contribution in [0, 0.1) is 0 Å². The number of unbranched alkanes of at least 4 members (excludes halogenated alkanes) is 2. The van der Waals surface area contributed by atoms with Gasteiger partial charge in [-0.3, -0.25) is 4.79 Å². The largest absolute Gasteiger partial charge is 0.490 e. The van der Waals surface area contributed by atoms with Crippen LogP contribution in [0.25, 0.3) is 5.65 Å². The number of fused-ring (bicyclic) bond motifs is 1. The molecule has 0 fully saturated rings. The molecule has 0 amide bonds. The summed E-state index contributed by atoms with van der Waals surface area (Å²) >= 11 is 0. The summed E-state index contributed by atoms with van der Waals surface area (Å²) in [7, 11) is 0. The Kier molecular flexibility index (Phi) is 4.39. The number of hydrogen-bond donors (Lipinski definition) is 0. The summed E-state index contributed by atoms with van der Waals surface area (Å²) in [6.45, 7) is 4.18. The number of esters is 1. The van der Waals surface area contributed by atoms with E-state index in [2.05, 4.69) is 11.9 Å². The number of imidazole rings is 1. The molecule has 0 atom stereocenters. The molecule has 0 aliphatic carbocycles. The third-order valence-electron chi connectivity index (χ3n) is 2.68. The predicted molar refractivity (Wildman–Crippen MR) is 71.5 cm³/mol. The Morgan fingerprint density at radius 2 is 2.26 bits per heavy atom. The fourth-order valence-corrected chi connectivity index (χ4v) is 1.81. The minimum atomic E-state index is -0.381. The number of hydrogen-bond acceptors (Lipinski definition) is 4. The second-order valence-corrected chi connectivity index (χ2v) is 4.33. The van der Waals surface area contributed by atoms with Crippen molar-refractivity contribution in [1.82, 2.24) is 9.38 Å². The highest BCUT2D eigenvalue weighted by Gasteiger charge is 2.09. The quantitative estimate of drug-likeness (QED) is 0.593. The van der Waals surface area contributed by atoms with Crippen LogP contribution in [0.15, 0.2) is 24.5 Å². The molecule has 0 radical (unpaired) electrons. The number of ether oxygens (including phenoxy) is 2. The third kappa shape index (κ3) is 3.47. The van der Waals surface area contributed by atoms with E-state index >= 15 is 0 Å². The van der Waals surface area contributed by atoms with Gasteiger partial charge in [0.05, 0.1) is 12.8 Å². The van der Waals surface area contributed by atoms with Crippen LogP contribution in [0.3, 0.4) is 0 Å². The van der Waals surface area contributed by atoms with E-state index in [1.807, 2.05) is 18.3 Å². The summed E-state index contributed by atoms with van der Waals surface area (Å²) in [5, 5.41) is 0. The molecule has 0 saturated carbocycles. The zero-order valence-electron chi connectivity index (χ0n) is 11.3. The van der Waals surface area contributed by atoms with Gasteiger partial charge in [0.25, 0.3) is 0 Å². The molecular formula is C14H18N2O3. The average molecular weight is 262 g/mol. The van der Waals surface area contributed by atoms with Crippen LogP contribution in [0.2, 0.25) is 0 Å². The summed E-state index contributed by atoms with van der Waals surface area (Å²) in [5.74, 6) is 0.614. The molecule has 2 aromatic rings. The van der Waals surface area contributed by atoms with Crippen molar-refractivity contribution in [3.05, 3.63) is 24.5 Å². The molecular weight excluding hydrogens is 244 g/mol. The molecule has 2 heterocycles. The van der Waals surface area contributed by atoms with Crippen LogP contribution in [0.5, 0.6) is 11.6 Å². The maximum Gasteiger partial charge on any atom is 0.309 e. The van der Waals surface area contributed by atoms with Crippen LogP contribution < -0.4 is 9.47 Å². The van der Waals surface area contributed by atoms with Gasteiger partial charge in [0, 0.05) is 13.1 Å². The monoisotopic (exact) mass is 262 g/mol. The van der Waals surface area contributed by atoms with Crippen molar-refractivity contribution in [3.63, 3.8) is 0 Å². The zero-order chi connectivity index (χ0) is 13.7. The Morgan fingerprint density at radius 1 is 1.42 bits per heavy atom. The van der Waals surface area contributed by atoms with Gasteiger partial charge in [0.15, 0.2) is 11.4 Å². The van der Waals surface area contributed by atoms with E-state index in [-0.39, 0.29) is 11.8 Å². The highest BCUT2D eigenvalue weighted by atomic mass is 16.5. The minimum absolute atomic E-state index is 0.289. The third-order valence-corrected chi connectivity index (χ3v) is 2.68. The molecule has 0 aromatic carbocycles. The maximum absolute atomic E-state index is 10.9. The molecule has 19 heavy (non-hydrogen) atoms. The number of nitrogens with zero attached hydrogens (tertiary/aromatic N) is 2. The van der Waals surface area contributed by atoms with Gasteiger partial charge >= 0.3 is 5.97 Å². The van der Waals surface area contributed by atoms with Gasteiger partial charge < -0.3 is 13.9 Å². The number of carbonyl (C=O) groups excluding carboxylic acids is 1. The lowest BCUT2D eigenvalue weighted by Gasteiger charge is -2.06. The highest BCUT2D eigenvalue weighted by Crippen LogP contribution is 2.22. The zero-order valence-corrected chi connectivity index (χ0v) is 11.3. The second-order valence-electron chi connectivity index (χ2n) is 4.33. The van der Waals surface area contributed by atoms with E-state index in [1.165, 1.54) is 6.92 Å². The number of aromatic nitrogens is 2. The van der Waals surface area contributed by atoms with E-state index in [0.29, 0.717) is 18.0 Å². The van der Waals surface area contributed by atoms with Crippen LogP contribution in [0.4, 0.5) is 0 Å². The highest BCUT2D eigenvalue weighted by molar-refractivity contribution is 5.69. The standard InChI is InChI=1S/C14H18N2O3/c1-3-4-5-9-18-12-7-6-8-16-10-13(15-14(12)16)19-11(2)17/h6-8,10H,3-5,9H2,1-2H3. The number of rotatable bonds is 6. The summed E-state index contributed by atoms with van der Waals surface area (Å²) in [6.07, 6.45) is 6.84. The molecule has 2 rings (SSSR count). The summed E-state index contributed by atoms with van der Waals surface area (Å²) in [4.78, 5) is 15.2. The molecule has 0 saturated heterocycles. The van der Waals surface area contributed by atoms with Gasteiger partial charge in [0.1, 0.15) is 0 Å². The first-order chi connectivity index (χ1) is 9.20. The van der Waals surface area contributed by atoms with Crippen molar-refractivity contribution in [2.75, 3.05) is 6.61 Å². The Morgan fingerprint density at radius 3 is 3.00 bits per heavy atom. The topological polar surface area (TPSA) is 52.8 Å². The van der Waals surface area contributed by atoms with Gasteiger partial charge in [-0.1, -0.05) is 19.8 Å². The van der Waals surface area contributed by atoms with Crippen molar-refractivity contribution < 1.29 is 14.3 Å². The lowest BCUT2D eigenvalue weighted by atomic mass is 10.3. The predicted octanol–water partition coefficient (Wildman–Crippen LogP) is 2.83. The van der Waals surface area contributed by atoms with E-state index < -0.39 is 0 Å². The Labute approximate surface area is 112 Å². The molecule has 102 valence electrons. The van der Waals surface area contributed by atoms with E-state index in [0.717, 1.165) is 19.3 Å². The molecule has 0 spiro atoms. The molecule has 0 aliphatic rings. The van der Waals surface area contributed by atoms with E-state index in [1.54, 1.807) is 10.6 Å². The fourth-order valence-electron chi connectivity index (χ4n) is 1.81. The first kappa shape index (κ1) is 13.4. The Hall–Kier alpha value is -2.04. The maximum atomic E-state index is 10.9. The van der Waals surface area contributed by atoms with Crippen molar-refractivity contribution in [1.29, 1.82) is 0 Å². The molecule has 2 aromatic heterocycles. The molecule has 0 unspecified atom stereocenters. The minimum Gasteiger partial charge on any atom is -0.490 e. The van der Waals surface area contributed by atoms with E-state index in [9.17, 15) is 4.79 Å². The Bertz CT molecular complexity index is 563. The average Bonchev–Trinajstić information content (AvgIpc) is 2.76. The molecule has 5 heteroatoms. The van der Waals surface area contributed by atoms with Gasteiger partial charge in [-0.25, -0.2) is 0 Å². The Balaban J connectivity index is 2.14. The van der Waals surface area contributed by atoms with Crippen LogP contribution in [-0.4, -0.2) is 22.0 Å². The van der Waals surface area contributed by atoms with Crippen molar-refractivity contribution >= 4 is 11.6 Å². The van der Waals surface area contributed by atoms with Gasteiger partial charge in [-0.05, 0) is 18.6 Å². The van der Waals surface area contributed by atoms with Gasteiger partial charge in [-0.2, -0.15) is 4.98 Å². The molecule has 0 N–H and O–H groups in total. The first-order valence-electron chi connectivity index (χ1n) is 6.49. The van der Waals surface area contributed by atoms with E-state index in [4.69, 9.17) is 9.47 Å². The van der Waals surface area contributed by atoms with Crippen molar-refractivity contribution in [3.8, 4) is 11.6 Å². The van der Waals surface area contributed by atoms with Gasteiger partial charge in [0.2, 0.25) is 5.88 Å². The summed E-state index contributed by atoms with van der Waals surface area (Å²) in [5.41, 5.74) is 0.662. The molecule has 5 nitrogen and oxygen atoms in total. The SMILES string of the molecule is CCCCCOc1cccn2cc(OC(C)=O)nc12. The van der Waals surface area contributed by atoms with Crippen LogP contribution in [0.1, 0.15) is 33.1 Å².